The highest BCUT2D eigenvalue weighted by Gasteiger charge is 2.56. The SMILES string of the molecule is CC(=O)OCC(=O)C1CC[C@H]2OC[C@@]2(OC(C)=O)C1. The average molecular weight is 270 g/mol. The molecule has 2 fully saturated rings. The van der Waals surface area contributed by atoms with Gasteiger partial charge in [-0.1, -0.05) is 0 Å². The Kier molecular flexibility index (Phi) is 3.89. The molecule has 0 spiro atoms. The lowest BCUT2D eigenvalue weighted by Gasteiger charge is -2.52. The van der Waals surface area contributed by atoms with Gasteiger partial charge in [-0.05, 0) is 12.8 Å². The fourth-order valence-corrected chi connectivity index (χ4v) is 2.78. The first kappa shape index (κ1) is 14.0. The summed E-state index contributed by atoms with van der Waals surface area (Å²) in [5, 5.41) is 0. The Labute approximate surface area is 111 Å². The molecule has 6 heteroatoms. The molecule has 0 aromatic carbocycles. The molecule has 6 nitrogen and oxygen atoms in total. The van der Waals surface area contributed by atoms with Crippen molar-refractivity contribution in [1.82, 2.24) is 0 Å². The maximum absolute atomic E-state index is 11.9. The third-order valence-electron chi connectivity index (χ3n) is 3.70. The molecule has 0 aromatic heterocycles. The summed E-state index contributed by atoms with van der Waals surface area (Å²) in [4.78, 5) is 33.8. The topological polar surface area (TPSA) is 78.9 Å². The van der Waals surface area contributed by atoms with Crippen LogP contribution in [0.4, 0.5) is 0 Å². The normalized spacial score (nSPS) is 32.7. The van der Waals surface area contributed by atoms with Crippen LogP contribution in [0.25, 0.3) is 0 Å². The molecular formula is C13H18O6. The van der Waals surface area contributed by atoms with Gasteiger partial charge in [0.2, 0.25) is 0 Å². The van der Waals surface area contributed by atoms with E-state index < -0.39 is 11.6 Å². The van der Waals surface area contributed by atoms with Crippen LogP contribution in [-0.2, 0) is 28.6 Å². The van der Waals surface area contributed by atoms with E-state index in [9.17, 15) is 14.4 Å². The number of Topliss-reactive ketones (excluding diaryl/α,β-unsaturated/α-hetero) is 1. The van der Waals surface area contributed by atoms with Crippen LogP contribution in [0.5, 0.6) is 0 Å². The standard InChI is InChI=1S/C13H18O6/c1-8(14)17-6-11(16)10-3-4-12-13(5-10,7-18-12)19-9(2)15/h10,12H,3-7H2,1-2H3/t10?,12-,13+/m1/s1. The number of carbonyl (C=O) groups excluding carboxylic acids is 3. The molecule has 19 heavy (non-hydrogen) atoms. The number of carbonyl (C=O) groups is 3. The van der Waals surface area contributed by atoms with Gasteiger partial charge in [0.25, 0.3) is 0 Å². The van der Waals surface area contributed by atoms with Gasteiger partial charge in [0.1, 0.15) is 6.61 Å². The molecule has 0 aromatic rings. The molecule has 1 saturated carbocycles. The maximum Gasteiger partial charge on any atom is 0.303 e. The predicted molar refractivity (Wildman–Crippen MR) is 63.2 cm³/mol. The van der Waals surface area contributed by atoms with Gasteiger partial charge in [-0.2, -0.15) is 0 Å². The van der Waals surface area contributed by atoms with E-state index in [0.717, 1.165) is 0 Å². The lowest BCUT2D eigenvalue weighted by Crippen LogP contribution is -2.64. The molecular weight excluding hydrogens is 252 g/mol. The molecule has 2 aliphatic rings. The Morgan fingerprint density at radius 2 is 1.95 bits per heavy atom. The summed E-state index contributed by atoms with van der Waals surface area (Å²) in [5.41, 5.74) is -0.652. The van der Waals surface area contributed by atoms with E-state index in [2.05, 4.69) is 0 Å². The Hall–Kier alpha value is -1.43. The van der Waals surface area contributed by atoms with Crippen molar-refractivity contribution in [3.05, 3.63) is 0 Å². The van der Waals surface area contributed by atoms with Crippen LogP contribution in [0.15, 0.2) is 0 Å². The largest absolute Gasteiger partial charge is 0.458 e. The smallest absolute Gasteiger partial charge is 0.303 e. The summed E-state index contributed by atoms with van der Waals surface area (Å²) in [6.45, 7) is 2.76. The molecule has 0 bridgehead atoms. The van der Waals surface area contributed by atoms with Crippen LogP contribution < -0.4 is 0 Å². The minimum atomic E-state index is -0.652. The first-order chi connectivity index (χ1) is 8.93. The Bertz CT molecular complexity index is 404. The summed E-state index contributed by atoms with van der Waals surface area (Å²) >= 11 is 0. The number of hydrogen-bond acceptors (Lipinski definition) is 6. The summed E-state index contributed by atoms with van der Waals surface area (Å²) < 4.78 is 15.5. The summed E-state index contributed by atoms with van der Waals surface area (Å²) in [7, 11) is 0. The lowest BCUT2D eigenvalue weighted by molar-refractivity contribution is -0.270. The summed E-state index contributed by atoms with van der Waals surface area (Å²) in [6.07, 6.45) is 1.71. The van der Waals surface area contributed by atoms with E-state index in [0.29, 0.717) is 25.9 Å². The van der Waals surface area contributed by atoms with Crippen molar-refractivity contribution in [2.24, 2.45) is 5.92 Å². The fraction of sp³-hybridized carbons (Fsp3) is 0.769. The second kappa shape index (κ2) is 5.28. The van der Waals surface area contributed by atoms with Crippen molar-refractivity contribution in [2.75, 3.05) is 13.2 Å². The van der Waals surface area contributed by atoms with Crippen LogP contribution in [0.3, 0.4) is 0 Å². The number of hydrogen-bond donors (Lipinski definition) is 0. The second-order valence-corrected chi connectivity index (χ2v) is 5.18. The zero-order valence-corrected chi connectivity index (χ0v) is 11.1. The quantitative estimate of drug-likeness (QED) is 0.697. The Morgan fingerprint density at radius 1 is 1.21 bits per heavy atom. The molecule has 0 amide bonds. The van der Waals surface area contributed by atoms with Gasteiger partial charge >= 0.3 is 11.9 Å². The highest BCUT2D eigenvalue weighted by atomic mass is 16.6. The predicted octanol–water partition coefficient (Wildman–Crippen LogP) is 0.619. The van der Waals surface area contributed by atoms with Gasteiger partial charge in [-0.15, -0.1) is 0 Å². The number of rotatable bonds is 4. The van der Waals surface area contributed by atoms with E-state index in [-0.39, 0.29) is 30.4 Å². The Morgan fingerprint density at radius 3 is 2.47 bits per heavy atom. The zero-order chi connectivity index (χ0) is 14.0. The van der Waals surface area contributed by atoms with E-state index >= 15 is 0 Å². The second-order valence-electron chi connectivity index (χ2n) is 5.18. The molecule has 1 unspecified atom stereocenters. The third kappa shape index (κ3) is 2.94. The van der Waals surface area contributed by atoms with Gasteiger partial charge in [-0.25, -0.2) is 0 Å². The van der Waals surface area contributed by atoms with Crippen LogP contribution in [-0.4, -0.2) is 42.6 Å². The molecule has 0 N–H and O–H groups in total. The van der Waals surface area contributed by atoms with E-state index in [1.807, 2.05) is 0 Å². The molecule has 2 rings (SSSR count). The number of ketones is 1. The molecule has 1 saturated heterocycles. The highest BCUT2D eigenvalue weighted by Crippen LogP contribution is 2.44. The van der Waals surface area contributed by atoms with Gasteiger partial charge < -0.3 is 14.2 Å². The van der Waals surface area contributed by atoms with Crippen LogP contribution >= 0.6 is 0 Å². The Balaban J connectivity index is 1.95. The molecule has 106 valence electrons. The van der Waals surface area contributed by atoms with Crippen LogP contribution in [0, 0.1) is 5.92 Å². The zero-order valence-electron chi connectivity index (χ0n) is 11.1. The van der Waals surface area contributed by atoms with Crippen LogP contribution in [0.1, 0.15) is 33.1 Å². The monoisotopic (exact) mass is 270 g/mol. The summed E-state index contributed by atoms with van der Waals surface area (Å²) in [6, 6.07) is 0. The molecule has 1 aliphatic carbocycles. The number of esters is 2. The molecule has 0 radical (unpaired) electrons. The first-order valence-corrected chi connectivity index (χ1v) is 6.40. The van der Waals surface area contributed by atoms with Gasteiger partial charge in [0.15, 0.2) is 11.4 Å². The van der Waals surface area contributed by atoms with E-state index in [4.69, 9.17) is 14.2 Å². The molecule has 1 heterocycles. The third-order valence-corrected chi connectivity index (χ3v) is 3.70. The van der Waals surface area contributed by atoms with Crippen molar-refractivity contribution in [3.8, 4) is 0 Å². The van der Waals surface area contributed by atoms with Gasteiger partial charge in [0, 0.05) is 26.2 Å². The van der Waals surface area contributed by atoms with Crippen molar-refractivity contribution >= 4 is 17.7 Å². The lowest BCUT2D eigenvalue weighted by atomic mass is 9.72. The van der Waals surface area contributed by atoms with Crippen molar-refractivity contribution in [1.29, 1.82) is 0 Å². The van der Waals surface area contributed by atoms with Crippen molar-refractivity contribution < 1.29 is 28.6 Å². The fourth-order valence-electron chi connectivity index (χ4n) is 2.78. The van der Waals surface area contributed by atoms with Crippen molar-refractivity contribution in [2.45, 2.75) is 44.8 Å². The number of fused-ring (bicyclic) bond motifs is 1. The minimum absolute atomic E-state index is 0.103. The summed E-state index contributed by atoms with van der Waals surface area (Å²) in [5.74, 6) is -1.18. The number of ether oxygens (including phenoxy) is 3. The van der Waals surface area contributed by atoms with Gasteiger partial charge in [-0.3, -0.25) is 14.4 Å². The van der Waals surface area contributed by atoms with Crippen molar-refractivity contribution in [3.63, 3.8) is 0 Å². The first-order valence-electron chi connectivity index (χ1n) is 6.40. The van der Waals surface area contributed by atoms with E-state index in [1.54, 1.807) is 0 Å². The van der Waals surface area contributed by atoms with Crippen LogP contribution in [0.2, 0.25) is 0 Å². The molecule has 1 aliphatic heterocycles. The minimum Gasteiger partial charge on any atom is -0.458 e. The van der Waals surface area contributed by atoms with E-state index in [1.165, 1.54) is 13.8 Å². The average Bonchev–Trinajstić information content (AvgIpc) is 2.30. The van der Waals surface area contributed by atoms with Gasteiger partial charge in [0.05, 0.1) is 12.7 Å². The maximum atomic E-state index is 11.9. The highest BCUT2D eigenvalue weighted by molar-refractivity contribution is 5.84. The molecule has 3 atom stereocenters.